The SMILES string of the molecule is Cn1cccc1CN(Cc1cccs1)C(=O)COc1cccc2c1OC(C)(C)C2. The van der Waals surface area contributed by atoms with Gasteiger partial charge in [-0.1, -0.05) is 18.2 Å². The molecular formula is C23H26N2O3S. The number of hydrogen-bond donors (Lipinski definition) is 0. The third-order valence-electron chi connectivity index (χ3n) is 5.09. The van der Waals surface area contributed by atoms with Crippen molar-refractivity contribution >= 4 is 17.2 Å². The van der Waals surface area contributed by atoms with Gasteiger partial charge in [0.25, 0.3) is 5.91 Å². The molecule has 0 atom stereocenters. The second-order valence-corrected chi connectivity index (χ2v) is 9.04. The predicted molar refractivity (Wildman–Crippen MR) is 114 cm³/mol. The highest BCUT2D eigenvalue weighted by atomic mass is 32.1. The molecule has 1 aromatic carbocycles. The monoisotopic (exact) mass is 410 g/mol. The van der Waals surface area contributed by atoms with E-state index in [4.69, 9.17) is 9.47 Å². The van der Waals surface area contributed by atoms with Crippen molar-refractivity contribution in [3.8, 4) is 11.5 Å². The average molecular weight is 411 g/mol. The van der Waals surface area contributed by atoms with Crippen LogP contribution >= 0.6 is 11.3 Å². The van der Waals surface area contributed by atoms with E-state index in [9.17, 15) is 4.79 Å². The number of rotatable bonds is 7. The van der Waals surface area contributed by atoms with E-state index in [1.54, 1.807) is 11.3 Å². The molecule has 2 aromatic heterocycles. The zero-order valence-electron chi connectivity index (χ0n) is 17.1. The molecule has 0 saturated carbocycles. The number of benzene rings is 1. The molecule has 1 aliphatic heterocycles. The normalized spacial score (nSPS) is 14.3. The highest BCUT2D eigenvalue weighted by Crippen LogP contribution is 2.41. The minimum Gasteiger partial charge on any atom is -0.483 e. The molecule has 6 heteroatoms. The van der Waals surface area contributed by atoms with E-state index < -0.39 is 0 Å². The van der Waals surface area contributed by atoms with Crippen LogP contribution in [-0.4, -0.2) is 27.6 Å². The van der Waals surface area contributed by atoms with E-state index in [-0.39, 0.29) is 18.1 Å². The quantitative estimate of drug-likeness (QED) is 0.580. The standard InChI is InChI=1S/C23H26N2O3S/c1-23(2)13-17-7-4-10-20(22(17)28-23)27-16-21(26)25(15-19-9-6-12-29-19)14-18-8-5-11-24(18)3/h4-12H,13-16H2,1-3H3. The summed E-state index contributed by atoms with van der Waals surface area (Å²) in [6.45, 7) is 5.21. The Bertz CT molecular complexity index is 991. The molecule has 0 unspecified atom stereocenters. The molecule has 0 N–H and O–H groups in total. The minimum absolute atomic E-state index is 0.0178. The van der Waals surface area contributed by atoms with Gasteiger partial charge in [-0.05, 0) is 43.5 Å². The molecule has 1 amide bonds. The Morgan fingerprint density at radius 2 is 2.07 bits per heavy atom. The molecule has 4 rings (SSSR count). The van der Waals surface area contributed by atoms with Gasteiger partial charge in [-0.15, -0.1) is 11.3 Å². The van der Waals surface area contributed by atoms with Gasteiger partial charge in [0.2, 0.25) is 0 Å². The van der Waals surface area contributed by atoms with Gasteiger partial charge >= 0.3 is 0 Å². The summed E-state index contributed by atoms with van der Waals surface area (Å²) in [5.41, 5.74) is 1.96. The average Bonchev–Trinajstić information content (AvgIpc) is 3.39. The Morgan fingerprint density at radius 3 is 2.79 bits per heavy atom. The van der Waals surface area contributed by atoms with Gasteiger partial charge in [-0.2, -0.15) is 0 Å². The third-order valence-corrected chi connectivity index (χ3v) is 5.95. The van der Waals surface area contributed by atoms with Crippen LogP contribution in [0.1, 0.15) is 30.0 Å². The molecule has 152 valence electrons. The molecule has 3 aromatic rings. The number of aryl methyl sites for hydroxylation is 1. The molecular weight excluding hydrogens is 384 g/mol. The third kappa shape index (κ3) is 4.48. The summed E-state index contributed by atoms with van der Waals surface area (Å²) in [6.07, 6.45) is 2.83. The largest absolute Gasteiger partial charge is 0.483 e. The van der Waals surface area contributed by atoms with Crippen LogP contribution in [0.5, 0.6) is 11.5 Å². The highest BCUT2D eigenvalue weighted by Gasteiger charge is 2.32. The maximum Gasteiger partial charge on any atom is 0.261 e. The van der Waals surface area contributed by atoms with Crippen LogP contribution in [0.15, 0.2) is 54.0 Å². The second kappa shape index (κ2) is 7.95. The van der Waals surface area contributed by atoms with Crippen LogP contribution < -0.4 is 9.47 Å². The smallest absolute Gasteiger partial charge is 0.261 e. The summed E-state index contributed by atoms with van der Waals surface area (Å²) in [4.78, 5) is 16.1. The highest BCUT2D eigenvalue weighted by molar-refractivity contribution is 7.09. The van der Waals surface area contributed by atoms with Gasteiger partial charge < -0.3 is 18.9 Å². The Hall–Kier alpha value is -2.73. The van der Waals surface area contributed by atoms with Crippen molar-refractivity contribution in [3.63, 3.8) is 0 Å². The van der Waals surface area contributed by atoms with Crippen molar-refractivity contribution in [2.24, 2.45) is 7.05 Å². The fraction of sp³-hybridized carbons (Fsp3) is 0.348. The van der Waals surface area contributed by atoms with Crippen LogP contribution in [0.3, 0.4) is 0 Å². The summed E-state index contributed by atoms with van der Waals surface area (Å²) in [7, 11) is 1.99. The predicted octanol–water partition coefficient (Wildman–Crippen LogP) is 4.41. The first-order chi connectivity index (χ1) is 13.9. The van der Waals surface area contributed by atoms with Gasteiger partial charge in [0.15, 0.2) is 18.1 Å². The Kier molecular flexibility index (Phi) is 5.37. The zero-order valence-corrected chi connectivity index (χ0v) is 17.9. The summed E-state index contributed by atoms with van der Waals surface area (Å²) < 4.78 is 14.0. The molecule has 29 heavy (non-hydrogen) atoms. The fourth-order valence-corrected chi connectivity index (χ4v) is 4.33. The first-order valence-electron chi connectivity index (χ1n) is 9.75. The molecule has 0 bridgehead atoms. The van der Waals surface area contributed by atoms with Crippen molar-refractivity contribution in [2.45, 2.75) is 39.0 Å². The molecule has 1 aliphatic rings. The first-order valence-corrected chi connectivity index (χ1v) is 10.6. The number of hydrogen-bond acceptors (Lipinski definition) is 4. The lowest BCUT2D eigenvalue weighted by Crippen LogP contribution is -2.34. The molecule has 5 nitrogen and oxygen atoms in total. The number of aromatic nitrogens is 1. The van der Waals surface area contributed by atoms with Crippen LogP contribution in [0, 0.1) is 0 Å². The van der Waals surface area contributed by atoms with Crippen molar-refractivity contribution in [2.75, 3.05) is 6.61 Å². The van der Waals surface area contributed by atoms with Crippen LogP contribution in [0.4, 0.5) is 0 Å². The fourth-order valence-electron chi connectivity index (χ4n) is 3.61. The Balaban J connectivity index is 1.47. The number of thiophene rings is 1. The Morgan fingerprint density at radius 1 is 1.21 bits per heavy atom. The van der Waals surface area contributed by atoms with Gasteiger partial charge in [-0.3, -0.25) is 4.79 Å². The van der Waals surface area contributed by atoms with Crippen LogP contribution in [0.2, 0.25) is 0 Å². The lowest BCUT2D eigenvalue weighted by molar-refractivity contribution is -0.134. The molecule has 0 fully saturated rings. The molecule has 0 saturated heterocycles. The van der Waals surface area contributed by atoms with Crippen LogP contribution in [-0.2, 0) is 31.4 Å². The first kappa shape index (κ1) is 19.6. The summed E-state index contributed by atoms with van der Waals surface area (Å²) >= 11 is 1.65. The van der Waals surface area contributed by atoms with Gasteiger partial charge in [0.05, 0.1) is 13.1 Å². The maximum absolute atomic E-state index is 13.1. The number of nitrogens with zero attached hydrogens (tertiary/aromatic N) is 2. The summed E-state index contributed by atoms with van der Waals surface area (Å²) in [5, 5.41) is 2.03. The number of fused-ring (bicyclic) bond motifs is 1. The van der Waals surface area contributed by atoms with E-state index in [0.717, 1.165) is 28.3 Å². The van der Waals surface area contributed by atoms with E-state index in [1.165, 1.54) is 0 Å². The lowest BCUT2D eigenvalue weighted by Gasteiger charge is -2.23. The molecule has 0 radical (unpaired) electrons. The molecule has 0 aliphatic carbocycles. The number of para-hydroxylation sites is 1. The van der Waals surface area contributed by atoms with E-state index in [2.05, 4.69) is 26.0 Å². The number of amides is 1. The van der Waals surface area contributed by atoms with Gasteiger partial charge in [0.1, 0.15) is 5.60 Å². The maximum atomic E-state index is 13.1. The van der Waals surface area contributed by atoms with Crippen molar-refractivity contribution < 1.29 is 14.3 Å². The van der Waals surface area contributed by atoms with E-state index in [1.807, 2.05) is 58.4 Å². The van der Waals surface area contributed by atoms with E-state index >= 15 is 0 Å². The number of carbonyl (C=O) groups is 1. The summed E-state index contributed by atoms with van der Waals surface area (Å²) in [6, 6.07) is 14.0. The van der Waals surface area contributed by atoms with Crippen molar-refractivity contribution in [1.82, 2.24) is 9.47 Å². The zero-order chi connectivity index (χ0) is 20.4. The topological polar surface area (TPSA) is 43.7 Å². The van der Waals surface area contributed by atoms with E-state index in [0.29, 0.717) is 18.8 Å². The van der Waals surface area contributed by atoms with Gasteiger partial charge in [0, 0.05) is 35.8 Å². The summed E-state index contributed by atoms with van der Waals surface area (Å²) in [5.74, 6) is 1.35. The van der Waals surface area contributed by atoms with Crippen LogP contribution in [0.25, 0.3) is 0 Å². The second-order valence-electron chi connectivity index (χ2n) is 8.01. The minimum atomic E-state index is -0.246. The number of carbonyl (C=O) groups excluding carboxylic acids is 1. The van der Waals surface area contributed by atoms with Crippen molar-refractivity contribution in [3.05, 3.63) is 70.2 Å². The Labute approximate surface area is 175 Å². The van der Waals surface area contributed by atoms with Crippen molar-refractivity contribution in [1.29, 1.82) is 0 Å². The molecule has 0 spiro atoms. The lowest BCUT2D eigenvalue weighted by atomic mass is 10.0. The van der Waals surface area contributed by atoms with Gasteiger partial charge in [-0.25, -0.2) is 0 Å². The molecule has 3 heterocycles. The number of ether oxygens (including phenoxy) is 2.